The van der Waals surface area contributed by atoms with Crippen LogP contribution in [0.25, 0.3) is 0 Å². The van der Waals surface area contributed by atoms with Gasteiger partial charge in [0.25, 0.3) is 34.1 Å². The molecule has 4 N–H and O–H groups in total. The van der Waals surface area contributed by atoms with E-state index in [1.54, 1.807) is 6.92 Å². The Hall–Kier alpha value is -12.2. The number of hydrogen-bond acceptors (Lipinski definition) is 24. The number of nitro groups is 6. The summed E-state index contributed by atoms with van der Waals surface area (Å²) < 4.78 is 0. The SMILES string of the molecule is Cc1cc(N=Nc2cc(Cc3cc(N=Nc4cccc([N+](=O)[O-])c4)ccc3O)c(O)c(Cc3cc(N=Nc4cc([N+](=O)[O-])cc([N+](=O)[O-])c4)cc(Cc4cc(N=Nc5cc([N+](=O)[O-])cc([N+](=O)[O-])c5)ccc4O)c3O)c2)cc([N+](=O)[O-])c1. The minimum Gasteiger partial charge on any atom is -0.508 e. The van der Waals surface area contributed by atoms with Gasteiger partial charge in [-0.1, -0.05) is 6.07 Å². The van der Waals surface area contributed by atoms with E-state index in [0.717, 1.165) is 36.4 Å². The van der Waals surface area contributed by atoms with Crippen LogP contribution in [-0.2, 0) is 19.3 Å². The van der Waals surface area contributed by atoms with Crippen molar-refractivity contribution in [1.29, 1.82) is 0 Å². The molecular weight excluding hydrogens is 1080 g/mol. The number of aryl methyl sites for hydroxylation is 1. The molecule has 8 aromatic carbocycles. The molecule has 0 heterocycles. The first-order valence-corrected chi connectivity index (χ1v) is 23.4. The molecule has 0 unspecified atom stereocenters. The van der Waals surface area contributed by atoms with Gasteiger partial charge in [-0.25, -0.2) is 0 Å². The fourth-order valence-electron chi connectivity index (χ4n) is 8.04. The van der Waals surface area contributed by atoms with Gasteiger partial charge in [0.2, 0.25) is 0 Å². The van der Waals surface area contributed by atoms with E-state index in [9.17, 15) is 81.1 Å². The third kappa shape index (κ3) is 13.8. The van der Waals surface area contributed by atoms with Crippen molar-refractivity contribution < 1.29 is 50.0 Å². The summed E-state index contributed by atoms with van der Waals surface area (Å²) in [6, 6.07) is 28.0. The molecule has 0 saturated carbocycles. The maximum Gasteiger partial charge on any atom is 0.278 e. The first-order valence-electron chi connectivity index (χ1n) is 23.4. The normalized spacial score (nSPS) is 11.5. The van der Waals surface area contributed by atoms with Crippen molar-refractivity contribution in [3.63, 3.8) is 0 Å². The second-order valence-corrected chi connectivity index (χ2v) is 17.7. The smallest absolute Gasteiger partial charge is 0.278 e. The van der Waals surface area contributed by atoms with Crippen LogP contribution in [0.1, 0.15) is 38.9 Å². The standard InChI is InChI=1S/C52H36N14O16/c1-28-9-38(21-44(10-28)62(73)74)56-57-39-16-31(11-29-14-36(5-7-49(29)67)54-53-35-3-2-4-43(20-35)61(71)72)51(69)33(18-39)13-34-19-40(58-60-42-24-47(65(79)80)27-48(25-42)66(81)82)17-32(52(34)70)12-30-15-37(6-8-50(30)68)55-59-41-22-45(63(75)76)26-46(23-41)64(77)78/h2-10,14-27,67-70H,11-13H2,1H3. The molecule has 0 aliphatic heterocycles. The molecule has 30 nitrogen and oxygen atoms in total. The largest absolute Gasteiger partial charge is 0.508 e. The van der Waals surface area contributed by atoms with Crippen molar-refractivity contribution in [1.82, 2.24) is 0 Å². The third-order valence-corrected chi connectivity index (χ3v) is 11.8. The number of phenolic OH excluding ortho intramolecular Hbond substituents is 4. The van der Waals surface area contributed by atoms with Gasteiger partial charge in [-0.05, 0) is 85.3 Å². The fourth-order valence-corrected chi connectivity index (χ4v) is 8.04. The lowest BCUT2D eigenvalue weighted by Crippen LogP contribution is -1.98. The maximum atomic E-state index is 12.1. The molecule has 8 aromatic rings. The lowest BCUT2D eigenvalue weighted by molar-refractivity contribution is -0.394. The number of azo groups is 4. The van der Waals surface area contributed by atoms with Crippen LogP contribution in [0.5, 0.6) is 23.0 Å². The highest BCUT2D eigenvalue weighted by Gasteiger charge is 2.22. The molecule has 410 valence electrons. The van der Waals surface area contributed by atoms with Crippen LogP contribution in [-0.4, -0.2) is 50.0 Å². The van der Waals surface area contributed by atoms with Gasteiger partial charge in [-0.3, -0.25) is 60.7 Å². The van der Waals surface area contributed by atoms with E-state index >= 15 is 0 Å². The fraction of sp³-hybridized carbons (Fsp3) is 0.0769. The molecule has 0 bridgehead atoms. The Balaban J connectivity index is 1.23. The predicted molar refractivity (Wildman–Crippen MR) is 288 cm³/mol. The van der Waals surface area contributed by atoms with E-state index in [2.05, 4.69) is 40.9 Å². The maximum absolute atomic E-state index is 12.1. The highest BCUT2D eigenvalue weighted by molar-refractivity contribution is 5.63. The van der Waals surface area contributed by atoms with Crippen LogP contribution in [0.4, 0.5) is 79.6 Å². The number of benzene rings is 8. The van der Waals surface area contributed by atoms with Crippen molar-refractivity contribution in [2.45, 2.75) is 26.2 Å². The number of hydrogen-bond donors (Lipinski definition) is 4. The van der Waals surface area contributed by atoms with E-state index < -0.39 is 63.8 Å². The van der Waals surface area contributed by atoms with Gasteiger partial charge in [0.05, 0.1) is 87.2 Å². The monoisotopic (exact) mass is 1110 g/mol. The van der Waals surface area contributed by atoms with Crippen LogP contribution >= 0.6 is 0 Å². The Labute approximate surface area is 457 Å². The molecule has 0 saturated heterocycles. The number of nitrogens with zero attached hydrogens (tertiary/aromatic N) is 14. The highest BCUT2D eigenvalue weighted by atomic mass is 16.6. The van der Waals surface area contributed by atoms with Gasteiger partial charge in [-0.2, -0.15) is 40.9 Å². The van der Waals surface area contributed by atoms with E-state index in [-0.39, 0.29) is 121 Å². The Morgan fingerprint density at radius 3 is 0.927 bits per heavy atom. The first-order chi connectivity index (χ1) is 39.0. The van der Waals surface area contributed by atoms with E-state index in [1.165, 1.54) is 103 Å². The number of non-ortho nitro benzene ring substituents is 6. The Morgan fingerprint density at radius 1 is 0.305 bits per heavy atom. The molecule has 0 atom stereocenters. The summed E-state index contributed by atoms with van der Waals surface area (Å²) in [7, 11) is 0. The zero-order chi connectivity index (χ0) is 58.9. The molecule has 0 aliphatic carbocycles. The van der Waals surface area contributed by atoms with Crippen molar-refractivity contribution in [2.75, 3.05) is 0 Å². The van der Waals surface area contributed by atoms with E-state index in [0.29, 0.717) is 5.56 Å². The average molecular weight is 1110 g/mol. The van der Waals surface area contributed by atoms with Gasteiger partial charge in [0, 0.05) is 101 Å². The zero-order valence-electron chi connectivity index (χ0n) is 41.8. The minimum atomic E-state index is -0.873. The molecule has 0 amide bonds. The number of rotatable bonds is 20. The molecular formula is C52H36N14O16. The van der Waals surface area contributed by atoms with Gasteiger partial charge in [0.15, 0.2) is 0 Å². The summed E-state index contributed by atoms with van der Waals surface area (Å²) in [5.41, 5.74) is -2.42. The Bertz CT molecular complexity index is 4030. The lowest BCUT2D eigenvalue weighted by Gasteiger charge is -2.16. The van der Waals surface area contributed by atoms with Crippen LogP contribution in [0, 0.1) is 67.6 Å². The lowest BCUT2D eigenvalue weighted by atomic mass is 9.93. The first kappa shape index (κ1) is 56.0. The van der Waals surface area contributed by atoms with E-state index in [4.69, 9.17) is 0 Å². The summed E-state index contributed by atoms with van der Waals surface area (Å²) in [5.74, 6) is -1.47. The molecule has 0 spiro atoms. The van der Waals surface area contributed by atoms with Crippen LogP contribution in [0.2, 0.25) is 0 Å². The summed E-state index contributed by atoms with van der Waals surface area (Å²) in [6.45, 7) is 1.61. The Kier molecular flexibility index (Phi) is 16.4. The van der Waals surface area contributed by atoms with Crippen LogP contribution < -0.4 is 0 Å². The summed E-state index contributed by atoms with van der Waals surface area (Å²) in [5, 5.41) is 149. The number of phenols is 4. The molecule has 8 rings (SSSR count). The topological polar surface area (TPSA) is 439 Å². The summed E-state index contributed by atoms with van der Waals surface area (Å²) in [6.07, 6.45) is -0.970. The van der Waals surface area contributed by atoms with Crippen molar-refractivity contribution in [3.05, 3.63) is 239 Å². The highest BCUT2D eigenvalue weighted by Crippen LogP contribution is 2.41. The summed E-state index contributed by atoms with van der Waals surface area (Å²) in [4.78, 5) is 64.7. The molecule has 0 aliphatic rings. The number of aromatic hydroxyl groups is 4. The third-order valence-electron chi connectivity index (χ3n) is 11.8. The van der Waals surface area contributed by atoms with Crippen molar-refractivity contribution >= 4 is 79.6 Å². The van der Waals surface area contributed by atoms with Gasteiger partial charge >= 0.3 is 0 Å². The quantitative estimate of drug-likeness (QED) is 0.0313. The Morgan fingerprint density at radius 2 is 0.573 bits per heavy atom. The predicted octanol–water partition coefficient (Wildman–Crippen LogP) is 14.7. The van der Waals surface area contributed by atoms with Gasteiger partial charge in [-0.15, -0.1) is 0 Å². The van der Waals surface area contributed by atoms with Crippen molar-refractivity contribution in [2.24, 2.45) is 40.9 Å². The van der Waals surface area contributed by atoms with Crippen LogP contribution in [0.3, 0.4) is 0 Å². The second kappa shape index (κ2) is 24.0. The zero-order valence-corrected chi connectivity index (χ0v) is 41.8. The van der Waals surface area contributed by atoms with Crippen LogP contribution in [0.15, 0.2) is 180 Å². The average Bonchev–Trinajstić information content (AvgIpc) is 3.61. The minimum absolute atomic E-state index is 0.00452. The summed E-state index contributed by atoms with van der Waals surface area (Å²) >= 11 is 0. The second-order valence-electron chi connectivity index (χ2n) is 17.7. The molecule has 82 heavy (non-hydrogen) atoms. The molecule has 30 heteroatoms. The molecule has 0 fully saturated rings. The van der Waals surface area contributed by atoms with E-state index in [1.807, 2.05) is 0 Å². The van der Waals surface area contributed by atoms with Gasteiger partial charge < -0.3 is 20.4 Å². The van der Waals surface area contributed by atoms with Gasteiger partial charge in [0.1, 0.15) is 23.0 Å². The molecule has 0 radical (unpaired) electrons. The molecule has 0 aromatic heterocycles. The van der Waals surface area contributed by atoms with Crippen molar-refractivity contribution in [3.8, 4) is 23.0 Å². The number of nitro benzene ring substituents is 6.